The normalized spacial score (nSPS) is 12.9. The summed E-state index contributed by atoms with van der Waals surface area (Å²) < 4.78 is 37.1. The second-order valence-electron chi connectivity index (χ2n) is 11.4. The Kier molecular flexibility index (Phi) is 12.5. The van der Waals surface area contributed by atoms with E-state index in [-0.39, 0.29) is 35.8 Å². The zero-order valence-electron chi connectivity index (χ0n) is 26.9. The van der Waals surface area contributed by atoms with E-state index >= 15 is 0 Å². The molecular weight excluding hydrogens is 595 g/mol. The lowest BCUT2D eigenvalue weighted by Crippen LogP contribution is -2.10. The molecule has 0 heterocycles. The summed E-state index contributed by atoms with van der Waals surface area (Å²) in [7, 11) is 0. The lowest BCUT2D eigenvalue weighted by Gasteiger charge is -2.22. The molecule has 47 heavy (non-hydrogen) atoms. The minimum atomic E-state index is -0.655. The molecule has 0 aliphatic heterocycles. The van der Waals surface area contributed by atoms with Gasteiger partial charge in [-0.1, -0.05) is 76.3 Å². The number of benzene rings is 3. The minimum absolute atomic E-state index is 0.0291. The number of esters is 2. The molecule has 5 rings (SSSR count). The number of allylic oxidation sites excluding steroid dienone is 3. The predicted molar refractivity (Wildman–Crippen MR) is 183 cm³/mol. The van der Waals surface area contributed by atoms with Crippen LogP contribution < -0.4 is 18.9 Å². The van der Waals surface area contributed by atoms with Crippen molar-refractivity contribution >= 4 is 11.9 Å². The number of ether oxygens (including phenoxy) is 4. The van der Waals surface area contributed by atoms with E-state index < -0.39 is 17.8 Å². The van der Waals surface area contributed by atoms with E-state index in [2.05, 4.69) is 26.3 Å². The van der Waals surface area contributed by atoms with Gasteiger partial charge in [0, 0.05) is 12.5 Å². The van der Waals surface area contributed by atoms with E-state index in [9.17, 15) is 14.0 Å². The smallest absolute Gasteiger partial charge is 0.335 e. The third kappa shape index (κ3) is 10.2. The van der Waals surface area contributed by atoms with Crippen LogP contribution in [0.15, 0.2) is 122 Å². The molecule has 3 aromatic rings. The summed E-state index contributed by atoms with van der Waals surface area (Å²) in [6, 6.07) is 16.7. The molecule has 2 saturated carbocycles. The van der Waals surface area contributed by atoms with Gasteiger partial charge in [-0.15, -0.1) is 0 Å². The Hall–Kier alpha value is -5.17. The second kappa shape index (κ2) is 16.9. The van der Waals surface area contributed by atoms with E-state index in [1.807, 2.05) is 31.2 Å². The van der Waals surface area contributed by atoms with E-state index in [0.717, 1.165) is 35.8 Å². The molecule has 2 aliphatic rings. The Morgan fingerprint density at radius 2 is 1.40 bits per heavy atom. The van der Waals surface area contributed by atoms with Crippen molar-refractivity contribution in [3.63, 3.8) is 0 Å². The number of hydrogen-bond acceptors (Lipinski definition) is 6. The molecule has 0 bridgehead atoms. The van der Waals surface area contributed by atoms with Gasteiger partial charge in [-0.25, -0.2) is 9.18 Å². The van der Waals surface area contributed by atoms with Crippen LogP contribution in [0.3, 0.4) is 0 Å². The van der Waals surface area contributed by atoms with Crippen molar-refractivity contribution in [3.8, 4) is 34.1 Å². The van der Waals surface area contributed by atoms with E-state index in [1.165, 1.54) is 62.0 Å². The highest BCUT2D eigenvalue weighted by Crippen LogP contribution is 2.34. The minimum Gasteiger partial charge on any atom is -0.457 e. The van der Waals surface area contributed by atoms with E-state index in [1.54, 1.807) is 18.2 Å². The van der Waals surface area contributed by atoms with Gasteiger partial charge in [0.2, 0.25) is 0 Å². The van der Waals surface area contributed by atoms with Crippen LogP contribution in [0.5, 0.6) is 23.0 Å². The van der Waals surface area contributed by atoms with Crippen LogP contribution in [0.1, 0.15) is 63.9 Å². The van der Waals surface area contributed by atoms with Gasteiger partial charge < -0.3 is 18.9 Å². The first-order valence-electron chi connectivity index (χ1n) is 15.8. The molecule has 0 saturated heterocycles. The third-order valence-corrected chi connectivity index (χ3v) is 7.70. The van der Waals surface area contributed by atoms with Gasteiger partial charge in [0.05, 0.1) is 0 Å². The number of aryl methyl sites for hydroxylation is 1. The number of hydrogen-bond donors (Lipinski definition) is 0. The maximum atomic E-state index is 14.9. The highest BCUT2D eigenvalue weighted by molar-refractivity contribution is 5.84. The summed E-state index contributed by atoms with van der Waals surface area (Å²) in [5, 5.41) is 0. The highest BCUT2D eigenvalue weighted by atomic mass is 19.1. The molecule has 0 atom stereocenters. The highest BCUT2D eigenvalue weighted by Gasteiger charge is 2.18. The van der Waals surface area contributed by atoms with Crippen molar-refractivity contribution in [3.05, 3.63) is 133 Å². The summed E-state index contributed by atoms with van der Waals surface area (Å²) in [6.07, 6.45) is 11.9. The van der Waals surface area contributed by atoms with Crippen LogP contribution in [-0.4, -0.2) is 11.9 Å². The van der Waals surface area contributed by atoms with Crippen molar-refractivity contribution < 1.29 is 32.9 Å². The van der Waals surface area contributed by atoms with Crippen molar-refractivity contribution in [1.29, 1.82) is 0 Å². The zero-order valence-corrected chi connectivity index (χ0v) is 26.9. The first kappa shape index (κ1) is 34.7. The molecule has 7 heteroatoms. The third-order valence-electron chi connectivity index (χ3n) is 7.70. The van der Waals surface area contributed by atoms with Crippen LogP contribution in [0.2, 0.25) is 0 Å². The monoisotopic (exact) mass is 636 g/mol. The van der Waals surface area contributed by atoms with Crippen molar-refractivity contribution in [2.24, 2.45) is 0 Å². The van der Waals surface area contributed by atoms with Gasteiger partial charge >= 0.3 is 11.9 Å². The van der Waals surface area contributed by atoms with Crippen LogP contribution in [0, 0.1) is 5.82 Å². The largest absolute Gasteiger partial charge is 0.457 e. The number of rotatable bonds is 13. The topological polar surface area (TPSA) is 71.1 Å². The molecule has 3 aromatic carbocycles. The molecule has 2 aliphatic carbocycles. The predicted octanol–water partition coefficient (Wildman–Crippen LogP) is 10.2. The quantitative estimate of drug-likeness (QED) is 0.0611. The van der Waals surface area contributed by atoms with Gasteiger partial charge in [0.1, 0.15) is 17.3 Å². The van der Waals surface area contributed by atoms with Crippen molar-refractivity contribution in [1.82, 2.24) is 0 Å². The van der Waals surface area contributed by atoms with Crippen molar-refractivity contribution in [2.75, 3.05) is 0 Å². The zero-order chi connectivity index (χ0) is 33.8. The molecule has 0 N–H and O–H groups in total. The number of carbonyl (C=O) groups is 2. The lowest BCUT2D eigenvalue weighted by atomic mass is 9.90. The summed E-state index contributed by atoms with van der Waals surface area (Å²) in [4.78, 5) is 24.2. The fourth-order valence-electron chi connectivity index (χ4n) is 4.51. The molecular formula is C40H41FO6. The van der Waals surface area contributed by atoms with Gasteiger partial charge in [-0.05, 0) is 103 Å². The molecule has 0 unspecified atom stereocenters. The summed E-state index contributed by atoms with van der Waals surface area (Å²) in [5.74, 6) is 0.0703. The molecule has 0 radical (unpaired) electrons. The lowest BCUT2D eigenvalue weighted by molar-refractivity contribution is -0.134. The van der Waals surface area contributed by atoms with E-state index in [4.69, 9.17) is 18.9 Å². The molecule has 244 valence electrons. The SMILES string of the molecule is C1CCC1.C=CC(=C)Oc1cc(CCC(=O)Oc2ccc(-c3ccc(OC(C(=C)C)=C4CCC4)cc3)cc2F)ccc1OC(=O)C=C. The fraction of sp³-hybridized carbons (Fsp3) is 0.250. The van der Waals surface area contributed by atoms with E-state index in [0.29, 0.717) is 16.9 Å². The molecule has 0 aromatic heterocycles. The first-order valence-corrected chi connectivity index (χ1v) is 15.8. The molecule has 6 nitrogen and oxygen atoms in total. The average Bonchev–Trinajstić information content (AvgIpc) is 3.00. The van der Waals surface area contributed by atoms with Crippen LogP contribution in [0.4, 0.5) is 4.39 Å². The summed E-state index contributed by atoms with van der Waals surface area (Å²) >= 11 is 0. The number of halogens is 1. The summed E-state index contributed by atoms with van der Waals surface area (Å²) in [5.41, 5.74) is 4.29. The van der Waals surface area contributed by atoms with Crippen LogP contribution in [-0.2, 0) is 16.0 Å². The van der Waals surface area contributed by atoms with Crippen LogP contribution in [0.25, 0.3) is 11.1 Å². The molecule has 0 amide bonds. The Labute approximate surface area is 276 Å². The molecule has 0 spiro atoms. The summed E-state index contributed by atoms with van der Waals surface area (Å²) in [6.45, 7) is 16.6. The maximum Gasteiger partial charge on any atom is 0.335 e. The number of carbonyl (C=O) groups excluding carboxylic acids is 2. The average molecular weight is 637 g/mol. The van der Waals surface area contributed by atoms with Gasteiger partial charge in [-0.3, -0.25) is 4.79 Å². The Morgan fingerprint density at radius 3 is 1.96 bits per heavy atom. The Balaban J connectivity index is 0.00000116. The Morgan fingerprint density at radius 1 is 0.745 bits per heavy atom. The van der Waals surface area contributed by atoms with Crippen LogP contribution >= 0.6 is 0 Å². The second-order valence-corrected chi connectivity index (χ2v) is 11.4. The van der Waals surface area contributed by atoms with Gasteiger partial charge in [0.15, 0.2) is 23.1 Å². The maximum absolute atomic E-state index is 14.9. The van der Waals surface area contributed by atoms with Crippen molar-refractivity contribution in [2.45, 2.75) is 64.7 Å². The standard InChI is InChI=1S/C36H33FO6.C4H8/c1-6-24(5)40-33-21-25(11-18-32(33)43-34(38)7-2)12-20-35(39)42-31-19-15-28(22-30(31)37)26-13-16-29(17-14-26)41-36(23(3)4)27-9-8-10-27;1-2-4-3-1/h6-7,11,13-19,21-22H,1-3,5,8-10,12,20H2,4H3;1-4H2. The molecule has 2 fully saturated rings. The fourth-order valence-corrected chi connectivity index (χ4v) is 4.51. The van der Waals surface area contributed by atoms with Gasteiger partial charge in [-0.2, -0.15) is 0 Å². The first-order chi connectivity index (χ1) is 22.7. The Bertz CT molecular complexity index is 1670. The van der Waals surface area contributed by atoms with Gasteiger partial charge in [0.25, 0.3) is 0 Å².